The van der Waals surface area contributed by atoms with Crippen LogP contribution in [0.3, 0.4) is 0 Å². The van der Waals surface area contributed by atoms with Gasteiger partial charge in [0.2, 0.25) is 15.9 Å². The van der Waals surface area contributed by atoms with Crippen LogP contribution in [0.2, 0.25) is 5.02 Å². The molecule has 1 atom stereocenters. The zero-order valence-corrected chi connectivity index (χ0v) is 17.2. The number of nitrogens with zero attached hydrogens (tertiary/aromatic N) is 1. The number of halogens is 1. The molecule has 0 saturated heterocycles. The van der Waals surface area contributed by atoms with Crippen LogP contribution in [0.4, 0.5) is 5.69 Å². The topological polar surface area (TPSA) is 66.5 Å². The van der Waals surface area contributed by atoms with E-state index in [4.69, 9.17) is 11.6 Å². The third kappa shape index (κ3) is 5.88. The van der Waals surface area contributed by atoms with Gasteiger partial charge in [-0.3, -0.25) is 9.10 Å². The van der Waals surface area contributed by atoms with Gasteiger partial charge in [-0.25, -0.2) is 8.42 Å². The highest BCUT2D eigenvalue weighted by atomic mass is 35.5. The van der Waals surface area contributed by atoms with Gasteiger partial charge in [-0.15, -0.1) is 0 Å². The molecule has 1 amide bonds. The molecule has 1 unspecified atom stereocenters. The van der Waals surface area contributed by atoms with Gasteiger partial charge in [0.25, 0.3) is 0 Å². The fourth-order valence-corrected chi connectivity index (χ4v) is 4.96. The van der Waals surface area contributed by atoms with Gasteiger partial charge in [-0.1, -0.05) is 56.7 Å². The third-order valence-electron chi connectivity index (χ3n) is 4.84. The Morgan fingerprint density at radius 2 is 1.85 bits per heavy atom. The van der Waals surface area contributed by atoms with Gasteiger partial charge in [0, 0.05) is 11.1 Å². The Balaban J connectivity index is 2.22. The first-order chi connectivity index (χ1) is 12.3. The fourth-order valence-electron chi connectivity index (χ4n) is 3.57. The Hall–Kier alpha value is -1.27. The molecule has 1 aromatic rings. The predicted molar refractivity (Wildman–Crippen MR) is 107 cm³/mol. The minimum Gasteiger partial charge on any atom is -0.352 e. The lowest BCUT2D eigenvalue weighted by molar-refractivity contribution is -0.123. The number of nitrogens with one attached hydrogen (secondary N) is 1. The van der Waals surface area contributed by atoms with Crippen LogP contribution >= 0.6 is 11.6 Å². The lowest BCUT2D eigenvalue weighted by Gasteiger charge is -2.32. The number of anilines is 1. The molecule has 1 N–H and O–H groups in total. The Kier molecular flexibility index (Phi) is 7.77. The molecule has 0 spiro atoms. The van der Waals surface area contributed by atoms with E-state index in [1.54, 1.807) is 24.3 Å². The summed E-state index contributed by atoms with van der Waals surface area (Å²) in [6.07, 6.45) is 9.28. The van der Waals surface area contributed by atoms with Crippen LogP contribution in [0.25, 0.3) is 0 Å². The van der Waals surface area contributed by atoms with E-state index in [1.165, 1.54) is 23.6 Å². The average molecular weight is 401 g/mol. The summed E-state index contributed by atoms with van der Waals surface area (Å²) in [6.45, 7) is 1.82. The van der Waals surface area contributed by atoms with Crippen molar-refractivity contribution in [1.82, 2.24) is 5.32 Å². The molecule has 5 nitrogen and oxygen atoms in total. The summed E-state index contributed by atoms with van der Waals surface area (Å²) in [5.41, 5.74) is 0.416. The summed E-state index contributed by atoms with van der Waals surface area (Å²) >= 11 is 6.03. The molecule has 1 aliphatic rings. The summed E-state index contributed by atoms with van der Waals surface area (Å²) in [6, 6.07) is 5.95. The zero-order chi connectivity index (χ0) is 19.2. The van der Waals surface area contributed by atoms with Crippen molar-refractivity contribution in [3.63, 3.8) is 0 Å². The second kappa shape index (κ2) is 9.60. The number of amides is 1. The van der Waals surface area contributed by atoms with Crippen LogP contribution in [-0.4, -0.2) is 32.7 Å². The molecule has 1 saturated carbocycles. The normalized spacial score (nSPS) is 17.8. The predicted octanol–water partition coefficient (Wildman–Crippen LogP) is 4.11. The molecule has 1 fully saturated rings. The van der Waals surface area contributed by atoms with E-state index in [1.807, 2.05) is 6.92 Å². The largest absolute Gasteiger partial charge is 0.352 e. The minimum atomic E-state index is -3.63. The van der Waals surface area contributed by atoms with Crippen molar-refractivity contribution in [2.24, 2.45) is 0 Å². The summed E-state index contributed by atoms with van der Waals surface area (Å²) in [4.78, 5) is 12.9. The quantitative estimate of drug-likeness (QED) is 0.781. The molecule has 2 rings (SSSR count). The maximum absolute atomic E-state index is 12.9. The van der Waals surface area contributed by atoms with E-state index >= 15 is 0 Å². The first kappa shape index (κ1) is 21.0. The SMILES string of the molecule is CCC(C(=O)NC1CCCCCCC1)N(c1cccc(Cl)c1)S(C)(=O)=O. The highest BCUT2D eigenvalue weighted by Crippen LogP contribution is 2.26. The summed E-state index contributed by atoms with van der Waals surface area (Å²) in [5.74, 6) is -0.233. The Labute approximate surface area is 162 Å². The van der Waals surface area contributed by atoms with Crippen molar-refractivity contribution in [2.75, 3.05) is 10.6 Å². The lowest BCUT2D eigenvalue weighted by Crippen LogP contribution is -2.51. The zero-order valence-electron chi connectivity index (χ0n) is 15.6. The Morgan fingerprint density at radius 3 is 2.38 bits per heavy atom. The maximum Gasteiger partial charge on any atom is 0.244 e. The maximum atomic E-state index is 12.9. The van der Waals surface area contributed by atoms with E-state index in [0.717, 1.165) is 31.9 Å². The third-order valence-corrected chi connectivity index (χ3v) is 6.26. The van der Waals surface area contributed by atoms with Crippen molar-refractivity contribution in [3.8, 4) is 0 Å². The monoisotopic (exact) mass is 400 g/mol. The number of rotatable bonds is 6. The van der Waals surface area contributed by atoms with E-state index in [-0.39, 0.29) is 11.9 Å². The molecular formula is C19H29ClN2O3S. The highest BCUT2D eigenvalue weighted by Gasteiger charge is 2.32. The van der Waals surface area contributed by atoms with Gasteiger partial charge in [0.15, 0.2) is 0 Å². The first-order valence-corrected chi connectivity index (χ1v) is 11.6. The van der Waals surface area contributed by atoms with Crippen LogP contribution in [0.1, 0.15) is 58.3 Å². The average Bonchev–Trinajstić information content (AvgIpc) is 2.53. The molecule has 7 heteroatoms. The standard InChI is InChI=1S/C19H29ClN2O3S/c1-3-18(19(23)21-16-11-7-5-4-6-8-12-16)22(26(2,24)25)17-13-9-10-15(20)14-17/h9-10,13-14,16,18H,3-8,11-12H2,1-2H3,(H,21,23). The molecule has 0 radical (unpaired) electrons. The van der Waals surface area contributed by atoms with Gasteiger partial charge >= 0.3 is 0 Å². The van der Waals surface area contributed by atoms with Gasteiger partial charge in [0.1, 0.15) is 6.04 Å². The summed E-state index contributed by atoms with van der Waals surface area (Å²) in [7, 11) is -3.63. The van der Waals surface area contributed by atoms with Crippen molar-refractivity contribution in [3.05, 3.63) is 29.3 Å². The van der Waals surface area contributed by atoms with Gasteiger partial charge in [-0.05, 0) is 37.5 Å². The molecule has 0 aromatic heterocycles. The highest BCUT2D eigenvalue weighted by molar-refractivity contribution is 7.92. The molecule has 0 heterocycles. The van der Waals surface area contributed by atoms with Crippen molar-refractivity contribution >= 4 is 33.2 Å². The molecule has 1 aromatic carbocycles. The van der Waals surface area contributed by atoms with Crippen molar-refractivity contribution < 1.29 is 13.2 Å². The fraction of sp³-hybridized carbons (Fsp3) is 0.632. The van der Waals surface area contributed by atoms with Crippen LogP contribution in [-0.2, 0) is 14.8 Å². The minimum absolute atomic E-state index is 0.123. The molecule has 0 bridgehead atoms. The number of carbonyl (C=O) groups excluding carboxylic acids is 1. The van der Waals surface area contributed by atoms with E-state index in [2.05, 4.69) is 5.32 Å². The van der Waals surface area contributed by atoms with Crippen molar-refractivity contribution in [2.45, 2.75) is 70.4 Å². The first-order valence-electron chi connectivity index (χ1n) is 9.38. The van der Waals surface area contributed by atoms with Gasteiger partial charge < -0.3 is 5.32 Å². The number of hydrogen-bond donors (Lipinski definition) is 1. The summed E-state index contributed by atoms with van der Waals surface area (Å²) < 4.78 is 26.1. The Bertz CT molecular complexity index is 700. The van der Waals surface area contributed by atoms with E-state index in [9.17, 15) is 13.2 Å². The molecule has 146 valence electrons. The number of benzene rings is 1. The van der Waals surface area contributed by atoms with E-state index in [0.29, 0.717) is 17.1 Å². The van der Waals surface area contributed by atoms with Gasteiger partial charge in [0.05, 0.1) is 11.9 Å². The van der Waals surface area contributed by atoms with Crippen LogP contribution < -0.4 is 9.62 Å². The van der Waals surface area contributed by atoms with Crippen LogP contribution in [0, 0.1) is 0 Å². The van der Waals surface area contributed by atoms with Crippen molar-refractivity contribution in [1.29, 1.82) is 0 Å². The number of sulfonamides is 1. The molecule has 26 heavy (non-hydrogen) atoms. The van der Waals surface area contributed by atoms with Crippen LogP contribution in [0.15, 0.2) is 24.3 Å². The second-order valence-electron chi connectivity index (χ2n) is 7.01. The smallest absolute Gasteiger partial charge is 0.244 e. The number of hydrogen-bond acceptors (Lipinski definition) is 3. The second-order valence-corrected chi connectivity index (χ2v) is 9.31. The summed E-state index contributed by atoms with van der Waals surface area (Å²) in [5, 5.41) is 3.53. The molecule has 0 aliphatic heterocycles. The molecule has 1 aliphatic carbocycles. The Morgan fingerprint density at radius 1 is 1.23 bits per heavy atom. The van der Waals surface area contributed by atoms with Gasteiger partial charge in [-0.2, -0.15) is 0 Å². The molecular weight excluding hydrogens is 372 g/mol. The number of carbonyl (C=O) groups is 1. The van der Waals surface area contributed by atoms with E-state index < -0.39 is 16.1 Å². The van der Waals surface area contributed by atoms with Crippen LogP contribution in [0.5, 0.6) is 0 Å². The lowest BCUT2D eigenvalue weighted by atomic mass is 9.96.